The minimum Gasteiger partial charge on any atom is -0.493 e. The molecule has 6 heteroatoms. The smallest absolute Gasteiger partial charge is 0.236 e. The second-order valence-electron chi connectivity index (χ2n) is 5.01. The SMILES string of the molecule is N#CCC(=O)N1CCN(C(=O)CCOc2ccccc2)CC1. The average molecular weight is 301 g/mol. The molecule has 1 saturated heterocycles. The van der Waals surface area contributed by atoms with Crippen LogP contribution in [0.3, 0.4) is 0 Å². The summed E-state index contributed by atoms with van der Waals surface area (Å²) in [5.74, 6) is 0.618. The van der Waals surface area contributed by atoms with E-state index < -0.39 is 0 Å². The summed E-state index contributed by atoms with van der Waals surface area (Å²) in [5.41, 5.74) is 0. The van der Waals surface area contributed by atoms with Crippen molar-refractivity contribution in [1.82, 2.24) is 9.80 Å². The molecule has 2 amide bonds. The Labute approximate surface area is 129 Å². The lowest BCUT2D eigenvalue weighted by Gasteiger charge is -2.34. The Morgan fingerprint density at radius 2 is 1.64 bits per heavy atom. The van der Waals surface area contributed by atoms with Gasteiger partial charge in [0.2, 0.25) is 11.8 Å². The minimum absolute atomic E-state index is 0.0308. The molecule has 1 aliphatic heterocycles. The third-order valence-corrected chi connectivity index (χ3v) is 3.54. The molecule has 0 N–H and O–H groups in total. The lowest BCUT2D eigenvalue weighted by Crippen LogP contribution is -2.50. The van der Waals surface area contributed by atoms with Gasteiger partial charge in [0.05, 0.1) is 19.1 Å². The molecule has 0 aromatic heterocycles. The van der Waals surface area contributed by atoms with Crippen LogP contribution in [0.4, 0.5) is 0 Å². The summed E-state index contributed by atoms with van der Waals surface area (Å²) in [6.07, 6.45) is 0.222. The van der Waals surface area contributed by atoms with E-state index in [4.69, 9.17) is 10.00 Å². The van der Waals surface area contributed by atoms with Gasteiger partial charge in [-0.3, -0.25) is 9.59 Å². The Hall–Kier alpha value is -2.55. The van der Waals surface area contributed by atoms with E-state index in [0.29, 0.717) is 39.2 Å². The monoisotopic (exact) mass is 301 g/mol. The van der Waals surface area contributed by atoms with E-state index >= 15 is 0 Å². The largest absolute Gasteiger partial charge is 0.493 e. The number of ether oxygens (including phenoxy) is 1. The second-order valence-corrected chi connectivity index (χ2v) is 5.01. The lowest BCUT2D eigenvalue weighted by molar-refractivity contribution is -0.139. The van der Waals surface area contributed by atoms with Crippen molar-refractivity contribution < 1.29 is 14.3 Å². The van der Waals surface area contributed by atoms with E-state index in [9.17, 15) is 9.59 Å². The molecule has 1 aromatic rings. The van der Waals surface area contributed by atoms with Crippen LogP contribution in [0.15, 0.2) is 30.3 Å². The molecule has 0 spiro atoms. The van der Waals surface area contributed by atoms with Crippen LogP contribution in [0.25, 0.3) is 0 Å². The quantitative estimate of drug-likeness (QED) is 0.814. The van der Waals surface area contributed by atoms with E-state index in [-0.39, 0.29) is 18.2 Å². The maximum atomic E-state index is 12.1. The van der Waals surface area contributed by atoms with E-state index in [1.807, 2.05) is 36.4 Å². The second kappa shape index (κ2) is 8.03. The van der Waals surface area contributed by atoms with Crippen molar-refractivity contribution >= 4 is 11.8 Å². The van der Waals surface area contributed by atoms with Crippen molar-refractivity contribution in [2.45, 2.75) is 12.8 Å². The van der Waals surface area contributed by atoms with Gasteiger partial charge < -0.3 is 14.5 Å². The topological polar surface area (TPSA) is 73.6 Å². The fourth-order valence-corrected chi connectivity index (χ4v) is 2.32. The van der Waals surface area contributed by atoms with Crippen molar-refractivity contribution in [3.05, 3.63) is 30.3 Å². The van der Waals surface area contributed by atoms with Gasteiger partial charge in [-0.1, -0.05) is 18.2 Å². The Morgan fingerprint density at radius 1 is 1.05 bits per heavy atom. The fourth-order valence-electron chi connectivity index (χ4n) is 2.32. The molecule has 2 rings (SSSR count). The van der Waals surface area contributed by atoms with Gasteiger partial charge in [-0.25, -0.2) is 0 Å². The molecular formula is C16H19N3O3. The van der Waals surface area contributed by atoms with Crippen LogP contribution in [0.1, 0.15) is 12.8 Å². The van der Waals surface area contributed by atoms with Crippen LogP contribution < -0.4 is 4.74 Å². The number of benzene rings is 1. The molecule has 0 radical (unpaired) electrons. The van der Waals surface area contributed by atoms with Crippen LogP contribution in [-0.2, 0) is 9.59 Å². The van der Waals surface area contributed by atoms with Crippen molar-refractivity contribution in [2.75, 3.05) is 32.8 Å². The molecule has 0 aliphatic carbocycles. The molecule has 0 atom stereocenters. The van der Waals surface area contributed by atoms with E-state index in [1.54, 1.807) is 9.80 Å². The molecule has 116 valence electrons. The Balaban J connectivity index is 1.69. The predicted molar refractivity (Wildman–Crippen MR) is 79.9 cm³/mol. The molecule has 0 unspecified atom stereocenters. The number of rotatable bonds is 5. The van der Waals surface area contributed by atoms with Crippen LogP contribution in [0.2, 0.25) is 0 Å². The van der Waals surface area contributed by atoms with Crippen LogP contribution in [-0.4, -0.2) is 54.4 Å². The summed E-state index contributed by atoms with van der Waals surface area (Å²) in [6, 6.07) is 11.2. The van der Waals surface area contributed by atoms with E-state index in [0.717, 1.165) is 5.75 Å². The standard InChI is InChI=1S/C16H19N3O3/c17-8-6-15(20)18-9-11-19(12-10-18)16(21)7-13-22-14-4-2-1-3-5-14/h1-5H,6-7,9-13H2. The Bertz CT molecular complexity index is 546. The number of amides is 2. The summed E-state index contributed by atoms with van der Waals surface area (Å²) >= 11 is 0. The van der Waals surface area contributed by atoms with Crippen LogP contribution in [0, 0.1) is 11.3 Å². The van der Waals surface area contributed by atoms with Gasteiger partial charge in [-0.05, 0) is 12.1 Å². The maximum absolute atomic E-state index is 12.1. The molecule has 1 aromatic carbocycles. The Morgan fingerprint density at radius 3 is 2.23 bits per heavy atom. The van der Waals surface area contributed by atoms with Crippen molar-refractivity contribution in [1.29, 1.82) is 5.26 Å². The van der Waals surface area contributed by atoms with Crippen molar-refractivity contribution in [2.24, 2.45) is 0 Å². The lowest BCUT2D eigenvalue weighted by atomic mass is 10.2. The maximum Gasteiger partial charge on any atom is 0.236 e. The zero-order valence-electron chi connectivity index (χ0n) is 12.4. The summed E-state index contributed by atoms with van der Waals surface area (Å²) in [4.78, 5) is 27.0. The summed E-state index contributed by atoms with van der Waals surface area (Å²) in [5, 5.41) is 8.52. The van der Waals surface area contributed by atoms with Gasteiger partial charge >= 0.3 is 0 Å². The number of nitrogens with zero attached hydrogens (tertiary/aromatic N) is 3. The van der Waals surface area contributed by atoms with Crippen LogP contribution >= 0.6 is 0 Å². The number of carbonyl (C=O) groups is 2. The Kier molecular flexibility index (Phi) is 5.78. The first kappa shape index (κ1) is 15.8. The minimum atomic E-state index is -0.165. The van der Waals surface area contributed by atoms with E-state index in [2.05, 4.69) is 0 Å². The molecule has 1 heterocycles. The van der Waals surface area contributed by atoms with Gasteiger partial charge in [0, 0.05) is 26.2 Å². The number of nitriles is 1. The van der Waals surface area contributed by atoms with Gasteiger partial charge in [-0.2, -0.15) is 5.26 Å². The number of carbonyl (C=O) groups excluding carboxylic acids is 2. The number of hydrogen-bond donors (Lipinski definition) is 0. The van der Waals surface area contributed by atoms with Gasteiger partial charge in [-0.15, -0.1) is 0 Å². The molecule has 0 bridgehead atoms. The molecule has 1 aliphatic rings. The molecule has 1 fully saturated rings. The number of piperazine rings is 1. The highest BCUT2D eigenvalue weighted by atomic mass is 16.5. The van der Waals surface area contributed by atoms with Gasteiger partial charge in [0.1, 0.15) is 12.2 Å². The normalized spacial score (nSPS) is 14.3. The van der Waals surface area contributed by atoms with Crippen molar-refractivity contribution in [3.8, 4) is 11.8 Å². The van der Waals surface area contributed by atoms with E-state index in [1.165, 1.54) is 0 Å². The van der Waals surface area contributed by atoms with Gasteiger partial charge in [0.25, 0.3) is 0 Å². The number of hydrogen-bond acceptors (Lipinski definition) is 4. The first-order valence-electron chi connectivity index (χ1n) is 7.31. The highest BCUT2D eigenvalue weighted by molar-refractivity contribution is 5.79. The third kappa shape index (κ3) is 4.48. The highest BCUT2D eigenvalue weighted by Gasteiger charge is 2.23. The average Bonchev–Trinajstić information content (AvgIpc) is 2.56. The first-order valence-corrected chi connectivity index (χ1v) is 7.31. The zero-order valence-corrected chi connectivity index (χ0v) is 12.4. The van der Waals surface area contributed by atoms with Gasteiger partial charge in [0.15, 0.2) is 0 Å². The highest BCUT2D eigenvalue weighted by Crippen LogP contribution is 2.10. The predicted octanol–water partition coefficient (Wildman–Crippen LogP) is 1.04. The molecular weight excluding hydrogens is 282 g/mol. The molecule has 6 nitrogen and oxygen atoms in total. The third-order valence-electron chi connectivity index (χ3n) is 3.54. The summed E-state index contributed by atoms with van der Waals surface area (Å²) in [7, 11) is 0. The molecule has 22 heavy (non-hydrogen) atoms. The zero-order chi connectivity index (χ0) is 15.8. The summed E-state index contributed by atoms with van der Waals surface area (Å²) < 4.78 is 5.51. The fraction of sp³-hybridized carbons (Fsp3) is 0.438. The number of para-hydroxylation sites is 1. The van der Waals surface area contributed by atoms with Crippen LogP contribution in [0.5, 0.6) is 5.75 Å². The molecule has 0 saturated carbocycles. The first-order chi connectivity index (χ1) is 10.7. The van der Waals surface area contributed by atoms with Crippen molar-refractivity contribution in [3.63, 3.8) is 0 Å². The summed E-state index contributed by atoms with van der Waals surface area (Å²) in [6.45, 7) is 2.36.